The number of hydrogen-bond acceptors (Lipinski definition) is 3. The standard InChI is InChI=1S/C18H28N2O2.ClH/c1-13(2)16-6-5-15(9-14(16)3)22-10-17(21)20-8-7-18(4,11-19)12-20;/h5-6,9,13H,7-8,10-12,19H2,1-4H3;1H. The van der Waals surface area contributed by atoms with E-state index in [-0.39, 0.29) is 30.3 Å². The third kappa shape index (κ3) is 4.85. The molecule has 0 spiro atoms. The van der Waals surface area contributed by atoms with Crippen LogP contribution in [-0.4, -0.2) is 37.0 Å². The summed E-state index contributed by atoms with van der Waals surface area (Å²) in [6, 6.07) is 6.04. The van der Waals surface area contributed by atoms with Gasteiger partial charge >= 0.3 is 0 Å². The molecular formula is C18H29ClN2O2. The molecule has 0 bridgehead atoms. The lowest BCUT2D eigenvalue weighted by Gasteiger charge is -2.22. The lowest BCUT2D eigenvalue weighted by atomic mass is 9.90. The third-order valence-corrected chi connectivity index (χ3v) is 4.63. The quantitative estimate of drug-likeness (QED) is 0.896. The van der Waals surface area contributed by atoms with Gasteiger partial charge in [-0.2, -0.15) is 0 Å². The lowest BCUT2D eigenvalue weighted by Crippen LogP contribution is -2.36. The van der Waals surface area contributed by atoms with Crippen molar-refractivity contribution in [2.45, 2.75) is 40.0 Å². The van der Waals surface area contributed by atoms with Crippen LogP contribution in [0.3, 0.4) is 0 Å². The molecule has 1 saturated heterocycles. The maximum atomic E-state index is 12.2. The normalized spacial score (nSPS) is 20.5. The summed E-state index contributed by atoms with van der Waals surface area (Å²) in [4.78, 5) is 14.1. The highest BCUT2D eigenvalue weighted by molar-refractivity contribution is 5.85. The Morgan fingerprint density at radius 1 is 1.43 bits per heavy atom. The maximum Gasteiger partial charge on any atom is 0.260 e. The molecule has 2 N–H and O–H groups in total. The summed E-state index contributed by atoms with van der Waals surface area (Å²) in [5.41, 5.74) is 8.36. The summed E-state index contributed by atoms with van der Waals surface area (Å²) < 4.78 is 5.68. The van der Waals surface area contributed by atoms with E-state index in [0.29, 0.717) is 12.5 Å². The first-order valence-corrected chi connectivity index (χ1v) is 8.06. The van der Waals surface area contributed by atoms with Crippen molar-refractivity contribution < 1.29 is 9.53 Å². The van der Waals surface area contributed by atoms with E-state index in [1.807, 2.05) is 17.0 Å². The van der Waals surface area contributed by atoms with Crippen LogP contribution in [0.4, 0.5) is 0 Å². The van der Waals surface area contributed by atoms with Crippen molar-refractivity contribution in [1.82, 2.24) is 4.90 Å². The topological polar surface area (TPSA) is 55.6 Å². The smallest absolute Gasteiger partial charge is 0.260 e. The zero-order valence-electron chi connectivity index (χ0n) is 14.6. The number of carbonyl (C=O) groups is 1. The number of hydrogen-bond donors (Lipinski definition) is 1. The predicted molar refractivity (Wildman–Crippen MR) is 96.4 cm³/mol. The van der Waals surface area contributed by atoms with Crippen molar-refractivity contribution in [3.8, 4) is 5.75 Å². The van der Waals surface area contributed by atoms with Gasteiger partial charge in [-0.3, -0.25) is 4.79 Å². The minimum atomic E-state index is 0. The molecule has 0 saturated carbocycles. The average Bonchev–Trinajstić information content (AvgIpc) is 2.88. The maximum absolute atomic E-state index is 12.2. The van der Waals surface area contributed by atoms with Crippen LogP contribution in [-0.2, 0) is 4.79 Å². The molecule has 1 amide bonds. The number of amides is 1. The SMILES string of the molecule is Cc1cc(OCC(=O)N2CCC(C)(CN)C2)ccc1C(C)C.Cl. The Bertz CT molecular complexity index is 548. The van der Waals surface area contributed by atoms with Crippen LogP contribution in [0.15, 0.2) is 18.2 Å². The molecule has 4 nitrogen and oxygen atoms in total. The molecule has 1 unspecified atom stereocenters. The fourth-order valence-electron chi connectivity index (χ4n) is 3.03. The molecule has 5 heteroatoms. The summed E-state index contributed by atoms with van der Waals surface area (Å²) in [6.07, 6.45) is 0.970. The van der Waals surface area contributed by atoms with Crippen LogP contribution in [0.2, 0.25) is 0 Å². The molecule has 1 aliphatic rings. The van der Waals surface area contributed by atoms with Gasteiger partial charge in [0.2, 0.25) is 0 Å². The van der Waals surface area contributed by atoms with Gasteiger partial charge in [0, 0.05) is 13.1 Å². The van der Waals surface area contributed by atoms with Crippen molar-refractivity contribution in [2.75, 3.05) is 26.2 Å². The van der Waals surface area contributed by atoms with E-state index >= 15 is 0 Å². The van der Waals surface area contributed by atoms with Crippen molar-refractivity contribution >= 4 is 18.3 Å². The average molecular weight is 341 g/mol. The highest BCUT2D eigenvalue weighted by atomic mass is 35.5. The Kier molecular flexibility index (Phi) is 6.90. The first-order chi connectivity index (χ1) is 10.3. The summed E-state index contributed by atoms with van der Waals surface area (Å²) >= 11 is 0. The van der Waals surface area contributed by atoms with Gasteiger partial charge < -0.3 is 15.4 Å². The zero-order chi connectivity index (χ0) is 16.3. The van der Waals surface area contributed by atoms with E-state index in [9.17, 15) is 4.79 Å². The molecule has 1 atom stereocenters. The minimum absolute atomic E-state index is 0. The molecule has 23 heavy (non-hydrogen) atoms. The lowest BCUT2D eigenvalue weighted by molar-refractivity contribution is -0.132. The highest BCUT2D eigenvalue weighted by Gasteiger charge is 2.34. The Hall–Kier alpha value is -1.26. The predicted octanol–water partition coefficient (Wildman–Crippen LogP) is 3.12. The molecule has 2 rings (SSSR count). The first-order valence-electron chi connectivity index (χ1n) is 8.06. The number of nitrogens with zero attached hydrogens (tertiary/aromatic N) is 1. The van der Waals surface area contributed by atoms with E-state index in [2.05, 4.69) is 33.8 Å². The fraction of sp³-hybridized carbons (Fsp3) is 0.611. The number of rotatable bonds is 5. The monoisotopic (exact) mass is 340 g/mol. The van der Waals surface area contributed by atoms with Gasteiger partial charge in [-0.15, -0.1) is 12.4 Å². The summed E-state index contributed by atoms with van der Waals surface area (Å²) in [6.45, 7) is 10.8. The van der Waals surface area contributed by atoms with Crippen LogP contribution in [0, 0.1) is 12.3 Å². The number of benzene rings is 1. The number of ether oxygens (including phenoxy) is 1. The van der Waals surface area contributed by atoms with Crippen molar-refractivity contribution in [3.05, 3.63) is 29.3 Å². The zero-order valence-corrected chi connectivity index (χ0v) is 15.4. The molecule has 1 aliphatic heterocycles. The van der Waals surface area contributed by atoms with Crippen LogP contribution < -0.4 is 10.5 Å². The van der Waals surface area contributed by atoms with Crippen molar-refractivity contribution in [3.63, 3.8) is 0 Å². The molecule has 0 radical (unpaired) electrons. The second kappa shape index (κ2) is 8.02. The van der Waals surface area contributed by atoms with Crippen LogP contribution in [0.5, 0.6) is 5.75 Å². The van der Waals surface area contributed by atoms with E-state index < -0.39 is 0 Å². The van der Waals surface area contributed by atoms with E-state index in [4.69, 9.17) is 10.5 Å². The number of nitrogens with two attached hydrogens (primary N) is 1. The molecule has 0 aliphatic carbocycles. The van der Waals surface area contributed by atoms with Crippen molar-refractivity contribution in [2.24, 2.45) is 11.1 Å². The Morgan fingerprint density at radius 2 is 2.13 bits per heavy atom. The summed E-state index contributed by atoms with van der Waals surface area (Å²) in [7, 11) is 0. The second-order valence-corrected chi connectivity index (χ2v) is 7.04. The molecule has 1 aromatic rings. The molecule has 1 aromatic carbocycles. The molecule has 130 valence electrons. The number of likely N-dealkylation sites (tertiary alicyclic amines) is 1. The highest BCUT2D eigenvalue weighted by Crippen LogP contribution is 2.28. The van der Waals surface area contributed by atoms with Crippen LogP contribution >= 0.6 is 12.4 Å². The van der Waals surface area contributed by atoms with Gasteiger partial charge in [0.05, 0.1) is 0 Å². The van der Waals surface area contributed by atoms with Crippen LogP contribution in [0.1, 0.15) is 44.2 Å². The van der Waals surface area contributed by atoms with Gasteiger partial charge in [0.25, 0.3) is 5.91 Å². The van der Waals surface area contributed by atoms with Gasteiger partial charge in [0.15, 0.2) is 6.61 Å². The third-order valence-electron chi connectivity index (χ3n) is 4.63. The molecule has 1 heterocycles. The molecule has 1 fully saturated rings. The van der Waals surface area contributed by atoms with E-state index in [1.165, 1.54) is 11.1 Å². The van der Waals surface area contributed by atoms with E-state index in [1.54, 1.807) is 0 Å². The molecule has 0 aromatic heterocycles. The molecular weight excluding hydrogens is 312 g/mol. The fourth-order valence-corrected chi connectivity index (χ4v) is 3.03. The Labute approximate surface area is 145 Å². The van der Waals surface area contributed by atoms with Gasteiger partial charge in [-0.05, 0) is 54.5 Å². The van der Waals surface area contributed by atoms with Crippen LogP contribution in [0.25, 0.3) is 0 Å². The number of aryl methyl sites for hydroxylation is 1. The number of halogens is 1. The Balaban J connectivity index is 0.00000264. The first kappa shape index (κ1) is 19.8. The Morgan fingerprint density at radius 3 is 2.65 bits per heavy atom. The summed E-state index contributed by atoms with van der Waals surface area (Å²) in [5, 5.41) is 0. The largest absolute Gasteiger partial charge is 0.484 e. The summed E-state index contributed by atoms with van der Waals surface area (Å²) in [5.74, 6) is 1.30. The second-order valence-electron chi connectivity index (χ2n) is 7.04. The minimum Gasteiger partial charge on any atom is -0.484 e. The van der Waals surface area contributed by atoms with Gasteiger partial charge in [0.1, 0.15) is 5.75 Å². The van der Waals surface area contributed by atoms with Gasteiger partial charge in [-0.25, -0.2) is 0 Å². The van der Waals surface area contributed by atoms with Gasteiger partial charge in [-0.1, -0.05) is 26.8 Å². The van der Waals surface area contributed by atoms with E-state index in [0.717, 1.165) is 25.3 Å². The van der Waals surface area contributed by atoms with Crippen molar-refractivity contribution in [1.29, 1.82) is 0 Å². The number of carbonyl (C=O) groups excluding carboxylic acids is 1.